The van der Waals surface area contributed by atoms with Crippen LogP contribution in [0.2, 0.25) is 5.02 Å². The molecule has 0 fully saturated rings. The molecule has 4 rings (SSSR count). The van der Waals surface area contributed by atoms with Gasteiger partial charge < -0.3 is 5.32 Å². The molecule has 1 N–H and O–H groups in total. The van der Waals surface area contributed by atoms with Crippen LogP contribution in [0.4, 0.5) is 5.82 Å². The molecule has 0 amide bonds. The number of nitriles is 1. The highest BCUT2D eigenvalue weighted by Gasteiger charge is 2.21. The molecule has 3 aromatic rings. The van der Waals surface area contributed by atoms with Gasteiger partial charge in [-0.05, 0) is 55.7 Å². The van der Waals surface area contributed by atoms with Crippen LogP contribution in [-0.2, 0) is 6.42 Å². The first kappa shape index (κ1) is 15.7. The standard InChI is InChI=1S/C20H17ClN4/c21-16-5-3-4-15(12-16)19-18-6-1-2-11-23-20(18)25(24-19)17-9-7-14(13-22)8-10-17/h3-5,7-10,12,23H,1-2,6,11H2. The monoisotopic (exact) mass is 348 g/mol. The van der Waals surface area contributed by atoms with Crippen molar-refractivity contribution in [3.8, 4) is 23.0 Å². The van der Waals surface area contributed by atoms with Gasteiger partial charge in [-0.25, -0.2) is 4.68 Å². The zero-order valence-electron chi connectivity index (χ0n) is 13.7. The van der Waals surface area contributed by atoms with Crippen molar-refractivity contribution in [1.82, 2.24) is 9.78 Å². The van der Waals surface area contributed by atoms with E-state index in [4.69, 9.17) is 22.0 Å². The Morgan fingerprint density at radius 2 is 1.96 bits per heavy atom. The van der Waals surface area contributed by atoms with Crippen LogP contribution in [0.15, 0.2) is 48.5 Å². The van der Waals surface area contributed by atoms with Crippen LogP contribution in [0.3, 0.4) is 0 Å². The quantitative estimate of drug-likeness (QED) is 0.722. The predicted molar refractivity (Wildman–Crippen MR) is 100 cm³/mol. The molecule has 1 aliphatic rings. The summed E-state index contributed by atoms with van der Waals surface area (Å²) in [6, 6.07) is 17.5. The number of rotatable bonds is 2. The highest BCUT2D eigenvalue weighted by Crippen LogP contribution is 2.34. The Balaban J connectivity index is 1.88. The molecule has 4 nitrogen and oxygen atoms in total. The molecule has 1 aromatic heterocycles. The minimum absolute atomic E-state index is 0.644. The molecule has 1 aliphatic heterocycles. The van der Waals surface area contributed by atoms with E-state index < -0.39 is 0 Å². The summed E-state index contributed by atoms with van der Waals surface area (Å²) in [5, 5.41) is 18.1. The van der Waals surface area contributed by atoms with Gasteiger partial charge in [0.2, 0.25) is 0 Å². The molecule has 0 atom stereocenters. The van der Waals surface area contributed by atoms with Crippen molar-refractivity contribution in [2.75, 3.05) is 11.9 Å². The molecule has 25 heavy (non-hydrogen) atoms. The van der Waals surface area contributed by atoms with E-state index in [2.05, 4.69) is 11.4 Å². The SMILES string of the molecule is N#Cc1ccc(-n2nc(-c3cccc(Cl)c3)c3c2NCCCC3)cc1. The Morgan fingerprint density at radius 1 is 1.12 bits per heavy atom. The minimum atomic E-state index is 0.644. The third-order valence-electron chi connectivity index (χ3n) is 4.47. The van der Waals surface area contributed by atoms with Crippen LogP contribution in [-0.4, -0.2) is 16.3 Å². The van der Waals surface area contributed by atoms with Crippen LogP contribution >= 0.6 is 11.6 Å². The van der Waals surface area contributed by atoms with Crippen LogP contribution in [0.5, 0.6) is 0 Å². The summed E-state index contributed by atoms with van der Waals surface area (Å²) in [5.74, 6) is 1.04. The summed E-state index contributed by atoms with van der Waals surface area (Å²) in [4.78, 5) is 0. The van der Waals surface area contributed by atoms with Gasteiger partial charge in [-0.2, -0.15) is 10.4 Å². The fourth-order valence-corrected chi connectivity index (χ4v) is 3.42. The number of halogens is 1. The Kier molecular flexibility index (Phi) is 4.17. The van der Waals surface area contributed by atoms with E-state index in [1.165, 1.54) is 5.56 Å². The highest BCUT2D eigenvalue weighted by atomic mass is 35.5. The molecule has 0 spiro atoms. The third-order valence-corrected chi connectivity index (χ3v) is 4.70. The number of nitrogens with one attached hydrogen (secondary N) is 1. The van der Waals surface area contributed by atoms with Gasteiger partial charge in [-0.15, -0.1) is 0 Å². The van der Waals surface area contributed by atoms with Crippen molar-refractivity contribution in [2.45, 2.75) is 19.3 Å². The second-order valence-electron chi connectivity index (χ2n) is 6.14. The maximum atomic E-state index is 9.01. The molecule has 2 aromatic carbocycles. The lowest BCUT2D eigenvalue weighted by Gasteiger charge is -2.09. The number of anilines is 1. The van der Waals surface area contributed by atoms with E-state index in [1.807, 2.05) is 53.2 Å². The van der Waals surface area contributed by atoms with Crippen LogP contribution in [0.1, 0.15) is 24.0 Å². The second kappa shape index (κ2) is 6.62. The van der Waals surface area contributed by atoms with E-state index in [0.717, 1.165) is 48.6 Å². The first-order valence-electron chi connectivity index (χ1n) is 8.38. The molecule has 0 unspecified atom stereocenters. The van der Waals surface area contributed by atoms with Crippen molar-refractivity contribution in [2.24, 2.45) is 0 Å². The smallest absolute Gasteiger partial charge is 0.133 e. The summed E-state index contributed by atoms with van der Waals surface area (Å²) < 4.78 is 1.94. The van der Waals surface area contributed by atoms with Crippen LogP contribution in [0.25, 0.3) is 16.9 Å². The van der Waals surface area contributed by atoms with Crippen LogP contribution < -0.4 is 5.32 Å². The normalized spacial score (nSPS) is 13.4. The zero-order chi connectivity index (χ0) is 17.2. The van der Waals surface area contributed by atoms with E-state index in [9.17, 15) is 0 Å². The van der Waals surface area contributed by atoms with Crippen molar-refractivity contribution < 1.29 is 0 Å². The largest absolute Gasteiger partial charge is 0.370 e. The van der Waals surface area contributed by atoms with Gasteiger partial charge in [0.15, 0.2) is 0 Å². The summed E-state index contributed by atoms with van der Waals surface area (Å²) in [7, 11) is 0. The van der Waals surface area contributed by atoms with Gasteiger partial charge in [0, 0.05) is 22.7 Å². The molecule has 0 saturated heterocycles. The third kappa shape index (κ3) is 2.99. The first-order valence-corrected chi connectivity index (χ1v) is 8.76. The maximum Gasteiger partial charge on any atom is 0.133 e. The average Bonchev–Trinajstić information content (AvgIpc) is 2.83. The van der Waals surface area contributed by atoms with Crippen molar-refractivity contribution in [3.63, 3.8) is 0 Å². The van der Waals surface area contributed by atoms with E-state index >= 15 is 0 Å². The summed E-state index contributed by atoms with van der Waals surface area (Å²) in [5.41, 5.74) is 4.81. The lowest BCUT2D eigenvalue weighted by molar-refractivity contribution is 0.780. The summed E-state index contributed by atoms with van der Waals surface area (Å²) in [6.07, 6.45) is 3.25. The molecule has 5 heteroatoms. The number of aromatic nitrogens is 2. The van der Waals surface area contributed by atoms with Crippen molar-refractivity contribution >= 4 is 17.4 Å². The van der Waals surface area contributed by atoms with E-state index in [1.54, 1.807) is 0 Å². The lowest BCUT2D eigenvalue weighted by Crippen LogP contribution is -2.07. The molecule has 2 heterocycles. The fourth-order valence-electron chi connectivity index (χ4n) is 3.23. The topological polar surface area (TPSA) is 53.6 Å². The van der Waals surface area contributed by atoms with Crippen molar-refractivity contribution in [1.29, 1.82) is 5.26 Å². The lowest BCUT2D eigenvalue weighted by atomic mass is 10.0. The fraction of sp³-hybridized carbons (Fsp3) is 0.200. The highest BCUT2D eigenvalue weighted by molar-refractivity contribution is 6.30. The molecular weight excluding hydrogens is 332 g/mol. The van der Waals surface area contributed by atoms with E-state index in [0.29, 0.717) is 10.6 Å². The Morgan fingerprint density at radius 3 is 2.72 bits per heavy atom. The summed E-state index contributed by atoms with van der Waals surface area (Å²) >= 11 is 6.19. The number of nitrogens with zero attached hydrogens (tertiary/aromatic N) is 3. The number of benzene rings is 2. The number of hydrogen-bond acceptors (Lipinski definition) is 3. The van der Waals surface area contributed by atoms with Crippen molar-refractivity contribution in [3.05, 3.63) is 64.7 Å². The Bertz CT molecular complexity index is 951. The maximum absolute atomic E-state index is 9.01. The number of fused-ring (bicyclic) bond motifs is 1. The Hall–Kier alpha value is -2.77. The molecule has 0 radical (unpaired) electrons. The van der Waals surface area contributed by atoms with Gasteiger partial charge >= 0.3 is 0 Å². The van der Waals surface area contributed by atoms with Gasteiger partial charge in [0.05, 0.1) is 23.0 Å². The van der Waals surface area contributed by atoms with E-state index in [-0.39, 0.29) is 0 Å². The number of hydrogen-bond donors (Lipinski definition) is 1. The minimum Gasteiger partial charge on any atom is -0.370 e. The van der Waals surface area contributed by atoms with Crippen LogP contribution in [0, 0.1) is 11.3 Å². The molecule has 0 saturated carbocycles. The van der Waals surface area contributed by atoms with Gasteiger partial charge in [0.25, 0.3) is 0 Å². The summed E-state index contributed by atoms with van der Waals surface area (Å²) in [6.45, 7) is 0.934. The average molecular weight is 349 g/mol. The van der Waals surface area contributed by atoms with Gasteiger partial charge in [-0.1, -0.05) is 23.7 Å². The Labute approximate surface area is 151 Å². The molecule has 124 valence electrons. The molecule has 0 bridgehead atoms. The zero-order valence-corrected chi connectivity index (χ0v) is 14.4. The van der Waals surface area contributed by atoms with Gasteiger partial charge in [-0.3, -0.25) is 0 Å². The first-order chi connectivity index (χ1) is 12.3. The second-order valence-corrected chi connectivity index (χ2v) is 6.58. The van der Waals surface area contributed by atoms with Gasteiger partial charge in [0.1, 0.15) is 5.82 Å². The molecule has 0 aliphatic carbocycles. The molecular formula is C20H17ClN4. The predicted octanol–water partition coefficient (Wildman–Crippen LogP) is 4.81.